The molecule has 0 unspecified atom stereocenters. The van der Waals surface area contributed by atoms with Crippen molar-refractivity contribution in [1.82, 2.24) is 0 Å². The second kappa shape index (κ2) is 20.9. The highest BCUT2D eigenvalue weighted by Gasteiger charge is 2.18. The molecule has 0 fully saturated rings. The van der Waals surface area contributed by atoms with Gasteiger partial charge in [0.25, 0.3) is 0 Å². The highest BCUT2D eigenvalue weighted by molar-refractivity contribution is 5.72. The predicted molar refractivity (Wildman–Crippen MR) is 122 cm³/mol. The van der Waals surface area contributed by atoms with Gasteiger partial charge in [-0.15, -0.1) is 0 Å². The van der Waals surface area contributed by atoms with Crippen LogP contribution in [0, 0.1) is 5.92 Å². The summed E-state index contributed by atoms with van der Waals surface area (Å²) < 4.78 is 10.2. The summed E-state index contributed by atoms with van der Waals surface area (Å²) in [7, 11) is 0. The van der Waals surface area contributed by atoms with Crippen LogP contribution in [-0.2, 0) is 19.1 Å². The lowest BCUT2D eigenvalue weighted by Crippen LogP contribution is -2.30. The molecule has 1 atom stereocenters. The molecule has 5 nitrogen and oxygen atoms in total. The van der Waals surface area contributed by atoms with E-state index in [-0.39, 0.29) is 25.1 Å². The molecule has 0 aromatic rings. The third-order valence-corrected chi connectivity index (χ3v) is 5.03. The summed E-state index contributed by atoms with van der Waals surface area (Å²) in [5.41, 5.74) is 0. The number of hydrogen-bond donors (Lipinski definition) is 1. The summed E-state index contributed by atoms with van der Waals surface area (Å²) in [6.45, 7) is 5.26. The first kappa shape index (κ1) is 28.6. The first-order valence-electron chi connectivity index (χ1n) is 12.1. The van der Waals surface area contributed by atoms with E-state index in [0.717, 1.165) is 25.7 Å². The third kappa shape index (κ3) is 18.7. The molecule has 0 spiro atoms. The molecule has 0 amide bonds. The zero-order valence-corrected chi connectivity index (χ0v) is 19.7. The van der Waals surface area contributed by atoms with Crippen LogP contribution < -0.4 is 0 Å². The fourth-order valence-electron chi connectivity index (χ4n) is 3.02. The van der Waals surface area contributed by atoms with E-state index in [1.165, 1.54) is 57.8 Å². The van der Waals surface area contributed by atoms with Crippen LogP contribution >= 0.6 is 0 Å². The Morgan fingerprint density at radius 2 is 1.37 bits per heavy atom. The van der Waals surface area contributed by atoms with E-state index >= 15 is 0 Å². The van der Waals surface area contributed by atoms with Crippen LogP contribution in [0.25, 0.3) is 0 Å². The zero-order chi connectivity index (χ0) is 22.5. The van der Waals surface area contributed by atoms with Gasteiger partial charge in [0.1, 0.15) is 6.61 Å². The largest absolute Gasteiger partial charge is 0.462 e. The van der Waals surface area contributed by atoms with Crippen LogP contribution in [0.1, 0.15) is 111 Å². The number of ether oxygens (including phenoxy) is 2. The van der Waals surface area contributed by atoms with E-state index in [1.807, 2.05) is 0 Å². The number of carbonyl (C=O) groups is 2. The molecule has 0 aliphatic carbocycles. The molecule has 30 heavy (non-hydrogen) atoms. The Bertz CT molecular complexity index is 445. The average molecular weight is 427 g/mol. The van der Waals surface area contributed by atoms with Crippen molar-refractivity contribution in [3.05, 3.63) is 12.2 Å². The van der Waals surface area contributed by atoms with E-state index in [2.05, 4.69) is 19.1 Å². The number of aliphatic hydroxyl groups excluding tert-OH is 1. The highest BCUT2D eigenvalue weighted by Crippen LogP contribution is 2.10. The highest BCUT2D eigenvalue weighted by atomic mass is 16.6. The molecule has 0 rings (SSSR count). The number of rotatable bonds is 20. The Morgan fingerprint density at radius 3 is 1.90 bits per heavy atom. The van der Waals surface area contributed by atoms with E-state index in [0.29, 0.717) is 6.42 Å². The third-order valence-electron chi connectivity index (χ3n) is 5.03. The predicted octanol–water partition coefficient (Wildman–Crippen LogP) is 6.13. The van der Waals surface area contributed by atoms with Crippen molar-refractivity contribution in [2.24, 2.45) is 5.92 Å². The summed E-state index contributed by atoms with van der Waals surface area (Å²) in [6.07, 6.45) is 20.1. The van der Waals surface area contributed by atoms with Gasteiger partial charge in [-0.05, 0) is 32.1 Å². The van der Waals surface area contributed by atoms with E-state index in [9.17, 15) is 14.7 Å². The lowest BCUT2D eigenvalue weighted by atomic mass is 10.1. The Labute approximate surface area is 184 Å². The van der Waals surface area contributed by atoms with Gasteiger partial charge >= 0.3 is 11.9 Å². The summed E-state index contributed by atoms with van der Waals surface area (Å²) >= 11 is 0. The number of esters is 2. The second-order valence-corrected chi connectivity index (χ2v) is 8.41. The van der Waals surface area contributed by atoms with Crippen molar-refractivity contribution in [1.29, 1.82) is 0 Å². The van der Waals surface area contributed by atoms with Crippen LogP contribution in [-0.4, -0.2) is 36.4 Å². The Hall–Kier alpha value is -1.36. The minimum Gasteiger partial charge on any atom is -0.462 e. The second-order valence-electron chi connectivity index (χ2n) is 8.41. The monoisotopic (exact) mass is 426 g/mol. The maximum absolute atomic E-state index is 11.8. The molecular formula is C25H46O5. The molecule has 5 heteroatoms. The first-order valence-corrected chi connectivity index (χ1v) is 12.1. The SMILES string of the molecule is CCCCCCCC/C=C\CCCCCCCC(=O)OC[C@H](CO)OC(=O)C(C)C. The standard InChI is InChI=1S/C25H46O5/c1-4-5-6-7-8-9-10-11-12-13-14-15-16-17-18-19-24(27)29-21-23(20-26)30-25(28)22(2)3/h11-12,22-23,26H,4-10,13-21H2,1-3H3/b12-11-/t23-/m0/s1. The maximum atomic E-state index is 11.8. The minimum atomic E-state index is -0.780. The normalized spacial score (nSPS) is 12.4. The first-order chi connectivity index (χ1) is 14.5. The number of carbonyl (C=O) groups excluding carboxylic acids is 2. The van der Waals surface area contributed by atoms with Gasteiger partial charge < -0.3 is 14.6 Å². The fraction of sp³-hybridized carbons (Fsp3) is 0.840. The van der Waals surface area contributed by atoms with Crippen LogP contribution in [0.2, 0.25) is 0 Å². The molecule has 0 saturated carbocycles. The van der Waals surface area contributed by atoms with Crippen LogP contribution in [0.5, 0.6) is 0 Å². The van der Waals surface area contributed by atoms with Crippen molar-refractivity contribution in [2.75, 3.05) is 13.2 Å². The smallest absolute Gasteiger partial charge is 0.308 e. The molecule has 1 N–H and O–H groups in total. The van der Waals surface area contributed by atoms with Crippen molar-refractivity contribution < 1.29 is 24.2 Å². The fourth-order valence-corrected chi connectivity index (χ4v) is 3.02. The van der Waals surface area contributed by atoms with Gasteiger partial charge in [-0.25, -0.2) is 0 Å². The Morgan fingerprint density at radius 1 is 0.833 bits per heavy atom. The molecule has 0 aromatic heterocycles. The number of hydrogen-bond acceptors (Lipinski definition) is 5. The Kier molecular flexibility index (Phi) is 19.9. The quantitative estimate of drug-likeness (QED) is 0.144. The zero-order valence-electron chi connectivity index (χ0n) is 19.7. The topological polar surface area (TPSA) is 72.8 Å². The average Bonchev–Trinajstić information content (AvgIpc) is 2.73. The lowest BCUT2D eigenvalue weighted by Gasteiger charge is -2.16. The van der Waals surface area contributed by atoms with Gasteiger partial charge in [-0.2, -0.15) is 0 Å². The summed E-state index contributed by atoms with van der Waals surface area (Å²) in [5.74, 6) is -0.973. The van der Waals surface area contributed by atoms with Gasteiger partial charge in [-0.3, -0.25) is 9.59 Å². The van der Waals surface area contributed by atoms with Gasteiger partial charge in [0, 0.05) is 6.42 Å². The molecule has 0 aliphatic rings. The lowest BCUT2D eigenvalue weighted by molar-refractivity contribution is -0.164. The van der Waals surface area contributed by atoms with E-state index < -0.39 is 12.1 Å². The maximum Gasteiger partial charge on any atom is 0.308 e. The summed E-state index contributed by atoms with van der Waals surface area (Å²) in [5, 5.41) is 9.21. The van der Waals surface area contributed by atoms with Crippen molar-refractivity contribution in [2.45, 2.75) is 117 Å². The molecule has 0 saturated heterocycles. The molecule has 0 heterocycles. The van der Waals surface area contributed by atoms with Crippen molar-refractivity contribution in [3.63, 3.8) is 0 Å². The number of unbranched alkanes of at least 4 members (excludes halogenated alkanes) is 11. The van der Waals surface area contributed by atoms with Crippen LogP contribution in [0.15, 0.2) is 12.2 Å². The number of allylic oxidation sites excluding steroid dienone is 2. The van der Waals surface area contributed by atoms with Crippen molar-refractivity contribution in [3.8, 4) is 0 Å². The van der Waals surface area contributed by atoms with Crippen LogP contribution in [0.3, 0.4) is 0 Å². The van der Waals surface area contributed by atoms with Crippen LogP contribution in [0.4, 0.5) is 0 Å². The van der Waals surface area contributed by atoms with Gasteiger partial charge in [0.15, 0.2) is 6.10 Å². The van der Waals surface area contributed by atoms with Crippen molar-refractivity contribution >= 4 is 11.9 Å². The summed E-state index contributed by atoms with van der Waals surface area (Å²) in [6, 6.07) is 0. The van der Waals surface area contributed by atoms with E-state index in [1.54, 1.807) is 13.8 Å². The van der Waals surface area contributed by atoms with Gasteiger partial charge in [0.2, 0.25) is 0 Å². The van der Waals surface area contributed by atoms with Gasteiger partial charge in [0.05, 0.1) is 12.5 Å². The Balaban J connectivity index is 3.50. The molecule has 176 valence electrons. The molecule has 0 bridgehead atoms. The van der Waals surface area contributed by atoms with Gasteiger partial charge in [-0.1, -0.05) is 84.3 Å². The molecule has 0 aromatic carbocycles. The van der Waals surface area contributed by atoms with E-state index in [4.69, 9.17) is 9.47 Å². The molecular weight excluding hydrogens is 380 g/mol. The molecule has 0 radical (unpaired) electrons. The minimum absolute atomic E-state index is 0.0845. The summed E-state index contributed by atoms with van der Waals surface area (Å²) in [4.78, 5) is 23.3. The number of aliphatic hydroxyl groups is 1. The molecule has 0 aliphatic heterocycles.